The van der Waals surface area contributed by atoms with Gasteiger partial charge in [-0.3, -0.25) is 4.79 Å². The predicted octanol–water partition coefficient (Wildman–Crippen LogP) is 1.26. The number of carbonyl (C=O) groups is 1. The summed E-state index contributed by atoms with van der Waals surface area (Å²) in [5.41, 5.74) is 4.66. The third-order valence-corrected chi connectivity index (χ3v) is 1.76. The zero-order chi connectivity index (χ0) is 10.7. The van der Waals surface area contributed by atoms with Crippen LogP contribution in [0.25, 0.3) is 0 Å². The van der Waals surface area contributed by atoms with Crippen molar-refractivity contribution in [2.45, 2.75) is 6.42 Å². The number of esters is 1. The van der Waals surface area contributed by atoms with Crippen LogP contribution in [0.5, 0.6) is 0 Å². The first kappa shape index (κ1) is 10.4. The molecule has 0 amide bonds. The van der Waals surface area contributed by atoms with E-state index in [0.29, 0.717) is 0 Å². The van der Waals surface area contributed by atoms with E-state index >= 15 is 0 Å². The Morgan fingerprint density at radius 1 is 1.50 bits per heavy atom. The van der Waals surface area contributed by atoms with Crippen molar-refractivity contribution in [1.82, 2.24) is 0 Å². The number of halogens is 2. The van der Waals surface area contributed by atoms with Crippen LogP contribution < -0.4 is 5.73 Å². The maximum Gasteiger partial charge on any atom is 0.310 e. The van der Waals surface area contributed by atoms with Crippen molar-refractivity contribution in [2.24, 2.45) is 0 Å². The molecule has 1 rings (SSSR count). The molecule has 0 bridgehead atoms. The first-order chi connectivity index (χ1) is 6.56. The number of rotatable bonds is 2. The minimum atomic E-state index is -0.907. The van der Waals surface area contributed by atoms with Crippen LogP contribution in [0.2, 0.25) is 0 Å². The molecule has 0 aliphatic rings. The van der Waals surface area contributed by atoms with E-state index in [2.05, 4.69) is 4.74 Å². The second-order valence-corrected chi connectivity index (χ2v) is 2.68. The van der Waals surface area contributed by atoms with E-state index in [1.165, 1.54) is 0 Å². The summed E-state index contributed by atoms with van der Waals surface area (Å²) in [6, 6.07) is 2.11. The lowest BCUT2D eigenvalue weighted by atomic mass is 10.1. The van der Waals surface area contributed by atoms with Gasteiger partial charge in [0.2, 0.25) is 0 Å². The molecular formula is C9H9F2NO2. The standard InChI is InChI=1S/C9H9F2NO2/c1-14-8(13)4-5-6(10)2-3-7(12)9(5)11/h2-3H,4,12H2,1H3. The van der Waals surface area contributed by atoms with Crippen molar-refractivity contribution in [3.05, 3.63) is 29.3 Å². The highest BCUT2D eigenvalue weighted by Crippen LogP contribution is 2.19. The molecule has 0 unspecified atom stereocenters. The molecule has 0 fully saturated rings. The van der Waals surface area contributed by atoms with Gasteiger partial charge in [-0.05, 0) is 12.1 Å². The van der Waals surface area contributed by atoms with Gasteiger partial charge in [-0.25, -0.2) is 8.78 Å². The van der Waals surface area contributed by atoms with E-state index in [1.807, 2.05) is 0 Å². The summed E-state index contributed by atoms with van der Waals surface area (Å²) >= 11 is 0. The molecule has 3 nitrogen and oxygen atoms in total. The third kappa shape index (κ3) is 1.99. The fourth-order valence-electron chi connectivity index (χ4n) is 0.994. The fourth-order valence-corrected chi connectivity index (χ4v) is 0.994. The summed E-state index contributed by atoms with van der Waals surface area (Å²) in [4.78, 5) is 10.8. The Bertz CT molecular complexity index is 366. The van der Waals surface area contributed by atoms with Crippen molar-refractivity contribution >= 4 is 11.7 Å². The van der Waals surface area contributed by atoms with E-state index < -0.39 is 24.0 Å². The molecule has 0 aromatic heterocycles. The highest BCUT2D eigenvalue weighted by molar-refractivity contribution is 5.73. The Hall–Kier alpha value is -1.65. The van der Waals surface area contributed by atoms with E-state index in [1.54, 1.807) is 0 Å². The summed E-state index contributed by atoms with van der Waals surface area (Å²) in [5, 5.41) is 0. The van der Waals surface area contributed by atoms with Gasteiger partial charge in [0.05, 0.1) is 19.2 Å². The van der Waals surface area contributed by atoms with Gasteiger partial charge >= 0.3 is 5.97 Å². The van der Waals surface area contributed by atoms with Gasteiger partial charge in [0, 0.05) is 5.56 Å². The highest BCUT2D eigenvalue weighted by Gasteiger charge is 2.15. The van der Waals surface area contributed by atoms with Gasteiger partial charge in [-0.1, -0.05) is 0 Å². The van der Waals surface area contributed by atoms with Gasteiger partial charge in [0.1, 0.15) is 5.82 Å². The van der Waals surface area contributed by atoms with Gasteiger partial charge in [-0.2, -0.15) is 0 Å². The molecule has 0 aliphatic heterocycles. The molecule has 76 valence electrons. The van der Waals surface area contributed by atoms with E-state index in [-0.39, 0.29) is 11.3 Å². The van der Waals surface area contributed by atoms with Crippen LogP contribution in [0.15, 0.2) is 12.1 Å². The van der Waals surface area contributed by atoms with Crippen molar-refractivity contribution in [3.8, 4) is 0 Å². The highest BCUT2D eigenvalue weighted by atomic mass is 19.1. The van der Waals surface area contributed by atoms with Crippen molar-refractivity contribution in [3.63, 3.8) is 0 Å². The molecule has 0 heterocycles. The van der Waals surface area contributed by atoms with E-state index in [0.717, 1.165) is 19.2 Å². The smallest absolute Gasteiger partial charge is 0.310 e. The number of hydrogen-bond donors (Lipinski definition) is 1. The Labute approximate surface area is 79.5 Å². The molecule has 14 heavy (non-hydrogen) atoms. The van der Waals surface area contributed by atoms with Crippen molar-refractivity contribution in [1.29, 1.82) is 0 Å². The number of nitrogen functional groups attached to an aromatic ring is 1. The summed E-state index contributed by atoms with van der Waals surface area (Å²) in [7, 11) is 1.14. The number of anilines is 1. The Morgan fingerprint density at radius 2 is 2.14 bits per heavy atom. The van der Waals surface area contributed by atoms with Gasteiger partial charge in [0.15, 0.2) is 5.82 Å². The summed E-state index contributed by atoms with van der Waals surface area (Å²) < 4.78 is 30.5. The summed E-state index contributed by atoms with van der Waals surface area (Å²) in [5.74, 6) is -2.43. The zero-order valence-electron chi connectivity index (χ0n) is 7.51. The number of carbonyl (C=O) groups excluding carboxylic acids is 1. The number of methoxy groups -OCH3 is 1. The Morgan fingerprint density at radius 3 is 2.71 bits per heavy atom. The number of hydrogen-bond acceptors (Lipinski definition) is 3. The zero-order valence-corrected chi connectivity index (χ0v) is 7.51. The predicted molar refractivity (Wildman–Crippen MR) is 46.5 cm³/mol. The average molecular weight is 201 g/mol. The number of ether oxygens (including phenoxy) is 1. The molecule has 2 N–H and O–H groups in total. The van der Waals surface area contributed by atoms with Gasteiger partial charge in [0.25, 0.3) is 0 Å². The van der Waals surface area contributed by atoms with Crippen LogP contribution in [-0.2, 0) is 16.0 Å². The fraction of sp³-hybridized carbons (Fsp3) is 0.222. The van der Waals surface area contributed by atoms with Crippen LogP contribution in [0.1, 0.15) is 5.56 Å². The summed E-state index contributed by atoms with van der Waals surface area (Å²) in [6.07, 6.45) is -0.459. The second kappa shape index (κ2) is 4.04. The third-order valence-electron chi connectivity index (χ3n) is 1.76. The molecule has 0 saturated carbocycles. The van der Waals surface area contributed by atoms with Crippen molar-refractivity contribution < 1.29 is 18.3 Å². The van der Waals surface area contributed by atoms with E-state index in [4.69, 9.17) is 5.73 Å². The normalized spacial score (nSPS) is 9.93. The van der Waals surface area contributed by atoms with Crippen LogP contribution in [0.3, 0.4) is 0 Å². The van der Waals surface area contributed by atoms with Crippen molar-refractivity contribution in [2.75, 3.05) is 12.8 Å². The average Bonchev–Trinajstić information content (AvgIpc) is 2.18. The first-order valence-corrected chi connectivity index (χ1v) is 3.85. The maximum atomic E-state index is 13.2. The summed E-state index contributed by atoms with van der Waals surface area (Å²) in [6.45, 7) is 0. The largest absolute Gasteiger partial charge is 0.469 e. The van der Waals surface area contributed by atoms with Gasteiger partial charge < -0.3 is 10.5 Å². The Kier molecular flexibility index (Phi) is 3.01. The number of nitrogens with two attached hydrogens (primary N) is 1. The minimum absolute atomic E-state index is 0.190. The molecule has 1 aromatic carbocycles. The molecular weight excluding hydrogens is 192 g/mol. The quantitative estimate of drug-likeness (QED) is 0.579. The molecule has 0 saturated heterocycles. The van der Waals surface area contributed by atoms with Crippen LogP contribution in [0, 0.1) is 11.6 Å². The van der Waals surface area contributed by atoms with Gasteiger partial charge in [-0.15, -0.1) is 0 Å². The monoisotopic (exact) mass is 201 g/mol. The van der Waals surface area contributed by atoms with Crippen LogP contribution in [-0.4, -0.2) is 13.1 Å². The minimum Gasteiger partial charge on any atom is -0.469 e. The lowest BCUT2D eigenvalue weighted by Gasteiger charge is -2.05. The van der Waals surface area contributed by atoms with Crippen LogP contribution >= 0.6 is 0 Å². The lowest BCUT2D eigenvalue weighted by Crippen LogP contribution is -2.09. The van der Waals surface area contributed by atoms with Crippen LogP contribution in [0.4, 0.5) is 14.5 Å². The molecule has 0 radical (unpaired) electrons. The lowest BCUT2D eigenvalue weighted by molar-refractivity contribution is -0.139. The first-order valence-electron chi connectivity index (χ1n) is 3.85. The molecule has 0 spiro atoms. The SMILES string of the molecule is COC(=O)Cc1c(F)ccc(N)c1F. The maximum absolute atomic E-state index is 13.2. The number of benzene rings is 1. The molecule has 1 aromatic rings. The molecule has 0 aliphatic carbocycles. The van der Waals surface area contributed by atoms with E-state index in [9.17, 15) is 13.6 Å². The topological polar surface area (TPSA) is 52.3 Å². The Balaban J connectivity index is 3.06. The molecule has 0 atom stereocenters. The second-order valence-electron chi connectivity index (χ2n) is 2.68. The molecule has 5 heteroatoms.